The van der Waals surface area contributed by atoms with E-state index in [9.17, 15) is 13.2 Å². The van der Waals surface area contributed by atoms with Crippen LogP contribution < -0.4 is 5.32 Å². The first-order valence-electron chi connectivity index (χ1n) is 6.68. The summed E-state index contributed by atoms with van der Waals surface area (Å²) in [7, 11) is -2.31. The standard InChI is InChI=1S/C12H26N2O4S2/c1-10(2)13-6-8-18-7-5-9-20(16,17)14(4)12(15)11(3)19/h10-11,13,19H,5-9H2,1-4H3. The Morgan fingerprint density at radius 3 is 2.40 bits per heavy atom. The summed E-state index contributed by atoms with van der Waals surface area (Å²) in [5, 5.41) is 2.56. The number of hydrogen-bond donors (Lipinski definition) is 2. The van der Waals surface area contributed by atoms with Gasteiger partial charge in [0.25, 0.3) is 0 Å². The molecule has 0 aromatic carbocycles. The lowest BCUT2D eigenvalue weighted by Crippen LogP contribution is -2.39. The molecule has 0 aromatic heterocycles. The molecule has 1 atom stereocenters. The summed E-state index contributed by atoms with van der Waals surface area (Å²) < 4.78 is 29.8. The van der Waals surface area contributed by atoms with Crippen molar-refractivity contribution < 1.29 is 17.9 Å². The van der Waals surface area contributed by atoms with E-state index in [2.05, 4.69) is 17.9 Å². The van der Waals surface area contributed by atoms with E-state index in [1.807, 2.05) is 13.8 Å². The highest BCUT2D eigenvalue weighted by atomic mass is 32.2. The highest BCUT2D eigenvalue weighted by Crippen LogP contribution is 2.06. The monoisotopic (exact) mass is 326 g/mol. The second-order valence-electron chi connectivity index (χ2n) is 4.87. The van der Waals surface area contributed by atoms with E-state index in [1.54, 1.807) is 6.92 Å². The van der Waals surface area contributed by atoms with Gasteiger partial charge in [-0.1, -0.05) is 13.8 Å². The SMILES string of the molecule is CC(C)NCCOCCCS(=O)(=O)N(C)C(=O)C(C)S. The molecule has 1 unspecified atom stereocenters. The van der Waals surface area contributed by atoms with Crippen LogP contribution in [0.1, 0.15) is 27.2 Å². The van der Waals surface area contributed by atoms with Gasteiger partial charge in [0, 0.05) is 26.2 Å². The number of carbonyl (C=O) groups excluding carboxylic acids is 1. The van der Waals surface area contributed by atoms with Crippen molar-refractivity contribution in [1.29, 1.82) is 0 Å². The first-order valence-corrected chi connectivity index (χ1v) is 8.80. The maximum atomic E-state index is 11.9. The van der Waals surface area contributed by atoms with Gasteiger partial charge in [0.05, 0.1) is 17.6 Å². The smallest absolute Gasteiger partial charge is 0.248 e. The number of hydrogen-bond acceptors (Lipinski definition) is 6. The van der Waals surface area contributed by atoms with Crippen LogP contribution in [0.4, 0.5) is 0 Å². The molecule has 1 amide bonds. The number of amides is 1. The van der Waals surface area contributed by atoms with E-state index in [4.69, 9.17) is 4.74 Å². The zero-order valence-electron chi connectivity index (χ0n) is 12.6. The Hall–Kier alpha value is -0.310. The number of nitrogens with zero attached hydrogens (tertiary/aromatic N) is 1. The third-order valence-corrected chi connectivity index (χ3v) is 4.61. The van der Waals surface area contributed by atoms with Crippen molar-refractivity contribution in [2.24, 2.45) is 0 Å². The van der Waals surface area contributed by atoms with E-state index < -0.39 is 21.2 Å². The highest BCUT2D eigenvalue weighted by molar-refractivity contribution is 7.89. The minimum atomic E-state index is -3.57. The molecule has 0 aliphatic carbocycles. The minimum Gasteiger partial charge on any atom is -0.380 e. The van der Waals surface area contributed by atoms with E-state index in [-0.39, 0.29) is 5.75 Å². The first kappa shape index (κ1) is 19.7. The lowest BCUT2D eigenvalue weighted by molar-refractivity contribution is -0.124. The molecule has 20 heavy (non-hydrogen) atoms. The molecule has 0 heterocycles. The van der Waals surface area contributed by atoms with Gasteiger partial charge >= 0.3 is 0 Å². The molecular weight excluding hydrogens is 300 g/mol. The summed E-state index contributed by atoms with van der Waals surface area (Å²) in [4.78, 5) is 11.6. The van der Waals surface area contributed by atoms with Gasteiger partial charge in [-0.3, -0.25) is 4.79 Å². The number of thiol groups is 1. The highest BCUT2D eigenvalue weighted by Gasteiger charge is 2.25. The zero-order chi connectivity index (χ0) is 15.8. The second-order valence-corrected chi connectivity index (χ2v) is 7.77. The Bertz CT molecular complexity index is 383. The van der Waals surface area contributed by atoms with E-state index in [0.29, 0.717) is 25.7 Å². The van der Waals surface area contributed by atoms with Crippen molar-refractivity contribution in [2.75, 3.05) is 32.6 Å². The van der Waals surface area contributed by atoms with Crippen LogP contribution in [-0.4, -0.2) is 62.5 Å². The van der Waals surface area contributed by atoms with Crippen LogP contribution in [0.25, 0.3) is 0 Å². The number of nitrogens with one attached hydrogen (secondary N) is 1. The van der Waals surface area contributed by atoms with Crippen LogP contribution in [0.3, 0.4) is 0 Å². The quantitative estimate of drug-likeness (QED) is 0.452. The number of carbonyl (C=O) groups is 1. The molecule has 120 valence electrons. The van der Waals surface area contributed by atoms with Gasteiger partial charge in [0.2, 0.25) is 15.9 Å². The normalized spacial score (nSPS) is 13.5. The Balaban J connectivity index is 3.92. The molecule has 0 saturated carbocycles. The van der Waals surface area contributed by atoms with Gasteiger partial charge < -0.3 is 10.1 Å². The maximum Gasteiger partial charge on any atom is 0.248 e. The lowest BCUT2D eigenvalue weighted by atomic mass is 10.4. The molecule has 0 rings (SSSR count). The zero-order valence-corrected chi connectivity index (χ0v) is 14.3. The molecule has 0 fully saturated rings. The third kappa shape index (κ3) is 8.08. The number of rotatable bonds is 10. The molecule has 0 spiro atoms. The van der Waals surface area contributed by atoms with E-state index >= 15 is 0 Å². The number of sulfonamides is 1. The molecular formula is C12H26N2O4S2. The van der Waals surface area contributed by atoms with Gasteiger partial charge in [-0.15, -0.1) is 0 Å². The van der Waals surface area contributed by atoms with Crippen LogP contribution in [0, 0.1) is 0 Å². The Morgan fingerprint density at radius 2 is 1.90 bits per heavy atom. The van der Waals surface area contributed by atoms with Crippen LogP contribution >= 0.6 is 12.6 Å². The van der Waals surface area contributed by atoms with Crippen molar-refractivity contribution >= 4 is 28.6 Å². The van der Waals surface area contributed by atoms with Crippen molar-refractivity contribution in [3.05, 3.63) is 0 Å². The van der Waals surface area contributed by atoms with Crippen LogP contribution in [0.2, 0.25) is 0 Å². The molecule has 6 nitrogen and oxygen atoms in total. The molecule has 0 aliphatic rings. The number of ether oxygens (including phenoxy) is 1. The molecule has 8 heteroatoms. The van der Waals surface area contributed by atoms with Crippen molar-refractivity contribution in [3.8, 4) is 0 Å². The predicted octanol–water partition coefficient (Wildman–Crippen LogP) is 0.498. The summed E-state index contributed by atoms with van der Waals surface area (Å²) in [5.74, 6) is -0.622. The fraction of sp³-hybridized carbons (Fsp3) is 0.917. The molecule has 0 aliphatic heterocycles. The summed E-state index contributed by atoms with van der Waals surface area (Å²) >= 11 is 3.94. The fourth-order valence-electron chi connectivity index (χ4n) is 1.40. The van der Waals surface area contributed by atoms with Crippen LogP contribution in [0.15, 0.2) is 0 Å². The van der Waals surface area contributed by atoms with Crippen molar-refractivity contribution in [1.82, 2.24) is 9.62 Å². The summed E-state index contributed by atoms with van der Waals surface area (Å²) in [6.45, 7) is 7.27. The van der Waals surface area contributed by atoms with Gasteiger partial charge in [-0.05, 0) is 13.3 Å². The van der Waals surface area contributed by atoms with Gasteiger partial charge in [0.15, 0.2) is 0 Å². The Morgan fingerprint density at radius 1 is 1.30 bits per heavy atom. The average Bonchev–Trinajstić information content (AvgIpc) is 2.35. The molecule has 0 radical (unpaired) electrons. The van der Waals surface area contributed by atoms with E-state index in [1.165, 1.54) is 7.05 Å². The van der Waals surface area contributed by atoms with Gasteiger partial charge in [-0.2, -0.15) is 12.6 Å². The van der Waals surface area contributed by atoms with Crippen LogP contribution in [-0.2, 0) is 19.6 Å². The maximum absolute atomic E-state index is 11.9. The van der Waals surface area contributed by atoms with Crippen molar-refractivity contribution in [3.63, 3.8) is 0 Å². The second kappa shape index (κ2) is 9.59. The molecule has 0 aromatic rings. The van der Waals surface area contributed by atoms with Gasteiger partial charge in [0.1, 0.15) is 0 Å². The molecule has 1 N–H and O–H groups in total. The summed E-state index contributed by atoms with van der Waals surface area (Å²) in [6, 6.07) is 0.405. The third-order valence-electron chi connectivity index (χ3n) is 2.57. The predicted molar refractivity (Wildman–Crippen MR) is 83.6 cm³/mol. The average molecular weight is 326 g/mol. The molecule has 0 bridgehead atoms. The van der Waals surface area contributed by atoms with Crippen LogP contribution in [0.5, 0.6) is 0 Å². The van der Waals surface area contributed by atoms with E-state index in [0.717, 1.165) is 10.8 Å². The lowest BCUT2D eigenvalue weighted by Gasteiger charge is -2.19. The first-order chi connectivity index (χ1) is 9.18. The summed E-state index contributed by atoms with van der Waals surface area (Å²) in [6.07, 6.45) is 0.364. The molecule has 0 saturated heterocycles. The fourth-order valence-corrected chi connectivity index (χ4v) is 2.84. The van der Waals surface area contributed by atoms with Crippen molar-refractivity contribution in [2.45, 2.75) is 38.5 Å². The largest absolute Gasteiger partial charge is 0.380 e. The Labute approximate surface area is 127 Å². The van der Waals surface area contributed by atoms with Gasteiger partial charge in [-0.25, -0.2) is 12.7 Å². The Kier molecular flexibility index (Phi) is 9.45. The topological polar surface area (TPSA) is 75.7 Å². The summed E-state index contributed by atoms with van der Waals surface area (Å²) in [5.41, 5.74) is 0. The minimum absolute atomic E-state index is 0.104.